The first-order chi connectivity index (χ1) is 10.8. The molecule has 1 saturated heterocycles. The summed E-state index contributed by atoms with van der Waals surface area (Å²) < 4.78 is 12.0. The van der Waals surface area contributed by atoms with E-state index < -0.39 is 0 Å². The van der Waals surface area contributed by atoms with Crippen LogP contribution in [0.2, 0.25) is 0 Å². The van der Waals surface area contributed by atoms with E-state index in [2.05, 4.69) is 16.7 Å². The van der Waals surface area contributed by atoms with E-state index in [1.54, 1.807) is 7.11 Å². The van der Waals surface area contributed by atoms with Crippen LogP contribution in [-0.2, 0) is 9.47 Å². The van der Waals surface area contributed by atoms with Gasteiger partial charge in [0, 0.05) is 37.0 Å². The maximum atomic E-state index is 12.5. The van der Waals surface area contributed by atoms with Gasteiger partial charge in [-0.1, -0.05) is 18.2 Å². The average Bonchev–Trinajstić information content (AvgIpc) is 2.95. The highest BCUT2D eigenvalue weighted by Gasteiger charge is 2.26. The smallest absolute Gasteiger partial charge is 0.261 e. The lowest BCUT2D eigenvalue weighted by atomic mass is 10.0. The van der Waals surface area contributed by atoms with E-state index in [1.807, 2.05) is 18.2 Å². The number of hydrogen-bond donors (Lipinski definition) is 2. The number of hydrogen-bond acceptors (Lipinski definition) is 5. The molecule has 0 saturated carbocycles. The molecule has 3 rings (SSSR count). The number of thiophene rings is 1. The van der Waals surface area contributed by atoms with E-state index in [9.17, 15) is 4.79 Å². The molecule has 2 aromatic rings. The first-order valence-electron chi connectivity index (χ1n) is 7.42. The molecule has 2 heterocycles. The van der Waals surface area contributed by atoms with Gasteiger partial charge in [0.1, 0.15) is 0 Å². The van der Waals surface area contributed by atoms with E-state index >= 15 is 0 Å². The first-order valence-corrected chi connectivity index (χ1v) is 8.24. The maximum absolute atomic E-state index is 12.5. The second kappa shape index (κ2) is 7.19. The number of carbonyl (C=O) groups excluding carboxylic acids is 1. The molecule has 0 aliphatic carbocycles. The molecule has 1 aliphatic heterocycles. The summed E-state index contributed by atoms with van der Waals surface area (Å²) in [6.07, 6.45) is -0.0759. The van der Waals surface area contributed by atoms with Gasteiger partial charge in [-0.2, -0.15) is 0 Å². The normalized spacial score (nSPS) is 18.5. The summed E-state index contributed by atoms with van der Waals surface area (Å²) in [5, 5.41) is 7.35. The van der Waals surface area contributed by atoms with Gasteiger partial charge >= 0.3 is 0 Å². The number of nitrogens with one attached hydrogen (secondary N) is 2. The number of fused-ring (bicyclic) bond motifs is 1. The molecular formula is C16H20N2O3S. The lowest BCUT2D eigenvalue weighted by Crippen LogP contribution is -2.34. The van der Waals surface area contributed by atoms with Gasteiger partial charge in [-0.15, -0.1) is 11.3 Å². The highest BCUT2D eigenvalue weighted by molar-refractivity contribution is 7.21. The molecule has 118 valence electrons. The molecule has 2 N–H and O–H groups in total. The Morgan fingerprint density at radius 3 is 3.14 bits per heavy atom. The monoisotopic (exact) mass is 320 g/mol. The van der Waals surface area contributed by atoms with Crippen LogP contribution in [0.3, 0.4) is 0 Å². The number of morpholine rings is 1. The van der Waals surface area contributed by atoms with Gasteiger partial charge in [0.2, 0.25) is 0 Å². The Hall–Kier alpha value is -1.47. The van der Waals surface area contributed by atoms with Crippen LogP contribution < -0.4 is 10.6 Å². The van der Waals surface area contributed by atoms with Crippen molar-refractivity contribution in [2.45, 2.75) is 6.10 Å². The van der Waals surface area contributed by atoms with E-state index in [1.165, 1.54) is 11.3 Å². The minimum Gasteiger partial charge on any atom is -0.383 e. The van der Waals surface area contributed by atoms with Gasteiger partial charge < -0.3 is 20.1 Å². The van der Waals surface area contributed by atoms with Crippen molar-refractivity contribution < 1.29 is 14.3 Å². The zero-order chi connectivity index (χ0) is 15.4. The molecule has 22 heavy (non-hydrogen) atoms. The Balaban J connectivity index is 1.95. The predicted molar refractivity (Wildman–Crippen MR) is 87.6 cm³/mol. The van der Waals surface area contributed by atoms with Gasteiger partial charge in [-0.25, -0.2) is 0 Å². The summed E-state index contributed by atoms with van der Waals surface area (Å²) in [6, 6.07) is 8.10. The van der Waals surface area contributed by atoms with Crippen molar-refractivity contribution in [3.8, 4) is 0 Å². The highest BCUT2D eigenvalue weighted by atomic mass is 32.1. The molecule has 1 amide bonds. The van der Waals surface area contributed by atoms with E-state index in [0.29, 0.717) is 19.8 Å². The standard InChI is InChI=1S/C16H20N2O3S/c1-20-8-7-18-16(19)15-14(12-10-17-6-9-21-12)11-4-2-3-5-13(11)22-15/h2-5,12,17H,6-10H2,1H3,(H,18,19). The Bertz CT molecular complexity index is 650. The third-order valence-electron chi connectivity index (χ3n) is 3.68. The summed E-state index contributed by atoms with van der Waals surface area (Å²) in [5.74, 6) is -0.0533. The number of methoxy groups -OCH3 is 1. The minimum absolute atomic E-state index is 0.0533. The Kier molecular flexibility index (Phi) is 5.04. The SMILES string of the molecule is COCCNC(=O)c1sc2ccccc2c1C1CNCCO1. The molecule has 6 heteroatoms. The van der Waals surface area contributed by atoms with Crippen molar-refractivity contribution in [3.05, 3.63) is 34.7 Å². The van der Waals surface area contributed by atoms with Gasteiger partial charge in [0.25, 0.3) is 5.91 Å². The molecule has 1 aromatic carbocycles. The van der Waals surface area contributed by atoms with Crippen molar-refractivity contribution in [2.75, 3.05) is 40.0 Å². The first kappa shape index (κ1) is 15.4. The maximum Gasteiger partial charge on any atom is 0.261 e. The number of ether oxygens (including phenoxy) is 2. The Morgan fingerprint density at radius 1 is 1.50 bits per heavy atom. The Morgan fingerprint density at radius 2 is 2.36 bits per heavy atom. The number of benzene rings is 1. The van der Waals surface area contributed by atoms with E-state index in [0.717, 1.165) is 33.6 Å². The average molecular weight is 320 g/mol. The molecule has 1 unspecified atom stereocenters. The van der Waals surface area contributed by atoms with Crippen LogP contribution >= 0.6 is 11.3 Å². The topological polar surface area (TPSA) is 59.6 Å². The molecule has 0 spiro atoms. The zero-order valence-corrected chi connectivity index (χ0v) is 13.4. The van der Waals surface area contributed by atoms with Crippen molar-refractivity contribution in [1.29, 1.82) is 0 Å². The molecule has 5 nitrogen and oxygen atoms in total. The third-order valence-corrected chi connectivity index (χ3v) is 4.87. The predicted octanol–water partition coefficient (Wildman–Crippen LogP) is 1.94. The van der Waals surface area contributed by atoms with Crippen LogP contribution in [0.5, 0.6) is 0 Å². The molecular weight excluding hydrogens is 300 g/mol. The summed E-state index contributed by atoms with van der Waals surface area (Å²) in [7, 11) is 1.62. The number of rotatable bonds is 5. The Labute approximate surface area is 133 Å². The molecule has 0 bridgehead atoms. The van der Waals surface area contributed by atoms with Crippen LogP contribution in [0, 0.1) is 0 Å². The van der Waals surface area contributed by atoms with Crippen LogP contribution in [0.1, 0.15) is 21.3 Å². The number of carbonyl (C=O) groups is 1. The van der Waals surface area contributed by atoms with Crippen molar-refractivity contribution in [3.63, 3.8) is 0 Å². The summed E-state index contributed by atoms with van der Waals surface area (Å²) in [6.45, 7) is 3.27. The van der Waals surface area contributed by atoms with E-state index in [4.69, 9.17) is 9.47 Å². The molecule has 1 fully saturated rings. The van der Waals surface area contributed by atoms with Gasteiger partial charge in [0.15, 0.2) is 0 Å². The van der Waals surface area contributed by atoms with E-state index in [-0.39, 0.29) is 12.0 Å². The van der Waals surface area contributed by atoms with Gasteiger partial charge in [-0.05, 0) is 11.5 Å². The largest absolute Gasteiger partial charge is 0.383 e. The molecule has 1 aliphatic rings. The quantitative estimate of drug-likeness (QED) is 0.827. The third kappa shape index (κ3) is 3.15. The van der Waals surface area contributed by atoms with Gasteiger partial charge in [0.05, 0.1) is 24.2 Å². The van der Waals surface area contributed by atoms with Crippen molar-refractivity contribution in [2.24, 2.45) is 0 Å². The molecule has 1 atom stereocenters. The van der Waals surface area contributed by atoms with Crippen LogP contribution in [0.4, 0.5) is 0 Å². The minimum atomic E-state index is -0.0759. The van der Waals surface area contributed by atoms with Crippen LogP contribution in [0.25, 0.3) is 10.1 Å². The van der Waals surface area contributed by atoms with Crippen molar-refractivity contribution in [1.82, 2.24) is 10.6 Å². The fourth-order valence-corrected chi connectivity index (χ4v) is 3.82. The van der Waals surface area contributed by atoms with Crippen LogP contribution in [0.15, 0.2) is 24.3 Å². The number of amides is 1. The lowest BCUT2D eigenvalue weighted by molar-refractivity contribution is 0.0282. The molecule has 1 aromatic heterocycles. The highest BCUT2D eigenvalue weighted by Crippen LogP contribution is 2.37. The second-order valence-corrected chi connectivity index (χ2v) is 6.21. The second-order valence-electron chi connectivity index (χ2n) is 5.15. The molecule has 0 radical (unpaired) electrons. The summed E-state index contributed by atoms with van der Waals surface area (Å²) >= 11 is 1.52. The fourth-order valence-electron chi connectivity index (χ4n) is 2.65. The van der Waals surface area contributed by atoms with Crippen LogP contribution in [-0.4, -0.2) is 45.9 Å². The summed E-state index contributed by atoms with van der Waals surface area (Å²) in [4.78, 5) is 13.3. The summed E-state index contributed by atoms with van der Waals surface area (Å²) in [5.41, 5.74) is 1.00. The lowest BCUT2D eigenvalue weighted by Gasteiger charge is -2.24. The van der Waals surface area contributed by atoms with Gasteiger partial charge in [-0.3, -0.25) is 4.79 Å². The zero-order valence-electron chi connectivity index (χ0n) is 12.6. The van der Waals surface area contributed by atoms with Crippen molar-refractivity contribution >= 4 is 27.3 Å². The fraction of sp³-hybridized carbons (Fsp3) is 0.438.